The Kier molecular flexibility index (Phi) is 6.17. The molecular weight excluding hydrogens is 372 g/mol. The fourth-order valence-electron chi connectivity index (χ4n) is 3.65. The number of hydrogen-bond donors (Lipinski definition) is 1. The molecular formula is C22H26N2O5. The van der Waals surface area contributed by atoms with Crippen molar-refractivity contribution in [2.75, 3.05) is 53.2 Å². The van der Waals surface area contributed by atoms with Crippen molar-refractivity contribution in [1.29, 1.82) is 0 Å². The number of ether oxygens (including phenoxy) is 4. The first-order valence-corrected chi connectivity index (χ1v) is 9.88. The SMILES string of the molecule is COc1ccc([C@H](CNC(=O)c2ccc3c(c2)OCCO3)N2CCOCC2)cc1. The number of amides is 1. The molecule has 29 heavy (non-hydrogen) atoms. The normalized spacial score (nSPS) is 17.4. The Morgan fingerprint density at radius 2 is 1.76 bits per heavy atom. The maximum absolute atomic E-state index is 12.8. The van der Waals surface area contributed by atoms with Gasteiger partial charge in [0, 0.05) is 25.2 Å². The van der Waals surface area contributed by atoms with Gasteiger partial charge in [0.2, 0.25) is 0 Å². The van der Waals surface area contributed by atoms with Gasteiger partial charge in [-0.1, -0.05) is 12.1 Å². The lowest BCUT2D eigenvalue weighted by Crippen LogP contribution is -2.43. The Balaban J connectivity index is 1.47. The minimum Gasteiger partial charge on any atom is -0.497 e. The quantitative estimate of drug-likeness (QED) is 0.805. The molecule has 4 rings (SSSR count). The molecule has 0 bridgehead atoms. The van der Waals surface area contributed by atoms with Crippen molar-refractivity contribution in [3.63, 3.8) is 0 Å². The summed E-state index contributed by atoms with van der Waals surface area (Å²) in [5.74, 6) is 1.98. The molecule has 0 radical (unpaired) electrons. The van der Waals surface area contributed by atoms with Crippen LogP contribution in [-0.4, -0.2) is 64.0 Å². The van der Waals surface area contributed by atoms with Crippen LogP contribution < -0.4 is 19.5 Å². The van der Waals surface area contributed by atoms with Gasteiger partial charge < -0.3 is 24.3 Å². The lowest BCUT2D eigenvalue weighted by Gasteiger charge is -2.35. The van der Waals surface area contributed by atoms with E-state index in [1.807, 2.05) is 12.1 Å². The van der Waals surface area contributed by atoms with Gasteiger partial charge in [-0.3, -0.25) is 9.69 Å². The van der Waals surface area contributed by atoms with Gasteiger partial charge in [-0.05, 0) is 35.9 Å². The molecule has 1 N–H and O–H groups in total. The summed E-state index contributed by atoms with van der Waals surface area (Å²) in [6.07, 6.45) is 0. The average molecular weight is 398 g/mol. The summed E-state index contributed by atoms with van der Waals surface area (Å²) in [5, 5.41) is 3.08. The van der Waals surface area contributed by atoms with E-state index >= 15 is 0 Å². The van der Waals surface area contributed by atoms with Crippen molar-refractivity contribution in [1.82, 2.24) is 10.2 Å². The standard InChI is InChI=1S/C22H26N2O5/c1-26-18-5-2-16(3-6-18)19(24-8-10-27-11-9-24)15-23-22(25)17-4-7-20-21(14-17)29-13-12-28-20/h2-7,14,19H,8-13,15H2,1H3,(H,23,25)/t19-/m0/s1. The molecule has 154 valence electrons. The highest BCUT2D eigenvalue weighted by atomic mass is 16.6. The average Bonchev–Trinajstić information content (AvgIpc) is 2.80. The van der Waals surface area contributed by atoms with Gasteiger partial charge in [0.05, 0.1) is 26.4 Å². The summed E-state index contributed by atoms with van der Waals surface area (Å²) in [6.45, 7) is 4.58. The zero-order chi connectivity index (χ0) is 20.1. The van der Waals surface area contributed by atoms with E-state index in [9.17, 15) is 4.79 Å². The number of rotatable bonds is 6. The Hall–Kier alpha value is -2.77. The summed E-state index contributed by atoms with van der Waals surface area (Å²) in [4.78, 5) is 15.1. The largest absolute Gasteiger partial charge is 0.497 e. The third-order valence-electron chi connectivity index (χ3n) is 5.25. The van der Waals surface area contributed by atoms with Gasteiger partial charge in [-0.25, -0.2) is 0 Å². The van der Waals surface area contributed by atoms with E-state index in [4.69, 9.17) is 18.9 Å². The lowest BCUT2D eigenvalue weighted by atomic mass is 10.0. The summed E-state index contributed by atoms with van der Waals surface area (Å²) in [6, 6.07) is 13.3. The van der Waals surface area contributed by atoms with Gasteiger partial charge in [-0.15, -0.1) is 0 Å². The van der Waals surface area contributed by atoms with E-state index in [1.165, 1.54) is 0 Å². The van der Waals surface area contributed by atoms with E-state index < -0.39 is 0 Å². The molecule has 2 heterocycles. The molecule has 0 aromatic heterocycles. The Morgan fingerprint density at radius 3 is 2.48 bits per heavy atom. The first kappa shape index (κ1) is 19.5. The highest BCUT2D eigenvalue weighted by molar-refractivity contribution is 5.94. The third kappa shape index (κ3) is 4.63. The number of morpholine rings is 1. The van der Waals surface area contributed by atoms with Crippen LogP contribution in [-0.2, 0) is 4.74 Å². The molecule has 7 heteroatoms. The molecule has 1 saturated heterocycles. The molecule has 1 amide bonds. The monoisotopic (exact) mass is 398 g/mol. The van der Waals surface area contributed by atoms with Gasteiger partial charge in [0.25, 0.3) is 5.91 Å². The van der Waals surface area contributed by atoms with Gasteiger partial charge in [-0.2, -0.15) is 0 Å². The van der Waals surface area contributed by atoms with Crippen LogP contribution >= 0.6 is 0 Å². The van der Waals surface area contributed by atoms with Crippen LogP contribution in [0.15, 0.2) is 42.5 Å². The topological polar surface area (TPSA) is 69.3 Å². The number of nitrogens with zero attached hydrogens (tertiary/aromatic N) is 1. The molecule has 2 aromatic carbocycles. The Morgan fingerprint density at radius 1 is 1.03 bits per heavy atom. The van der Waals surface area contributed by atoms with E-state index in [1.54, 1.807) is 25.3 Å². The molecule has 2 aliphatic heterocycles. The molecule has 1 fully saturated rings. The van der Waals surface area contributed by atoms with Gasteiger partial charge >= 0.3 is 0 Å². The van der Waals surface area contributed by atoms with Gasteiger partial charge in [0.15, 0.2) is 11.5 Å². The zero-order valence-electron chi connectivity index (χ0n) is 16.6. The van der Waals surface area contributed by atoms with Crippen LogP contribution in [0.5, 0.6) is 17.2 Å². The van der Waals surface area contributed by atoms with Crippen molar-refractivity contribution in [2.24, 2.45) is 0 Å². The molecule has 2 aliphatic rings. The van der Waals surface area contributed by atoms with Crippen molar-refractivity contribution < 1.29 is 23.7 Å². The first-order chi connectivity index (χ1) is 14.2. The van der Waals surface area contributed by atoms with Crippen molar-refractivity contribution in [3.05, 3.63) is 53.6 Å². The van der Waals surface area contributed by atoms with Crippen LogP contribution in [0.2, 0.25) is 0 Å². The predicted octanol–water partition coefficient (Wildman–Crippen LogP) is 2.27. The molecule has 1 atom stereocenters. The molecule has 7 nitrogen and oxygen atoms in total. The van der Waals surface area contributed by atoms with Crippen molar-refractivity contribution in [2.45, 2.75) is 6.04 Å². The van der Waals surface area contributed by atoms with E-state index in [0.717, 1.165) is 24.4 Å². The second-order valence-corrected chi connectivity index (χ2v) is 7.01. The highest BCUT2D eigenvalue weighted by Gasteiger charge is 2.24. The summed E-state index contributed by atoms with van der Waals surface area (Å²) in [7, 11) is 1.65. The number of carbonyl (C=O) groups is 1. The molecule has 0 aliphatic carbocycles. The summed E-state index contributed by atoms with van der Waals surface area (Å²) in [5.41, 5.74) is 1.69. The lowest BCUT2D eigenvalue weighted by molar-refractivity contribution is 0.0162. The minimum absolute atomic E-state index is 0.0611. The van der Waals surface area contributed by atoms with Crippen LogP contribution in [0.3, 0.4) is 0 Å². The second kappa shape index (κ2) is 9.15. The molecule has 2 aromatic rings. The van der Waals surface area contributed by atoms with Crippen LogP contribution in [0.4, 0.5) is 0 Å². The Bertz CT molecular complexity index is 834. The number of nitrogens with one attached hydrogen (secondary N) is 1. The first-order valence-electron chi connectivity index (χ1n) is 9.88. The fraction of sp³-hybridized carbons (Fsp3) is 0.409. The third-order valence-corrected chi connectivity index (χ3v) is 5.25. The van der Waals surface area contributed by atoms with Crippen LogP contribution in [0.1, 0.15) is 22.0 Å². The Labute approximate surface area is 170 Å². The highest BCUT2D eigenvalue weighted by Crippen LogP contribution is 2.31. The van der Waals surface area contributed by atoms with Crippen LogP contribution in [0.25, 0.3) is 0 Å². The van der Waals surface area contributed by atoms with Crippen LogP contribution in [0, 0.1) is 0 Å². The maximum Gasteiger partial charge on any atom is 0.251 e. The summed E-state index contributed by atoms with van der Waals surface area (Å²) >= 11 is 0. The second-order valence-electron chi connectivity index (χ2n) is 7.01. The number of methoxy groups -OCH3 is 1. The maximum atomic E-state index is 12.8. The minimum atomic E-state index is -0.131. The summed E-state index contributed by atoms with van der Waals surface area (Å²) < 4.78 is 21.9. The van der Waals surface area contributed by atoms with E-state index in [0.29, 0.717) is 50.0 Å². The zero-order valence-corrected chi connectivity index (χ0v) is 16.6. The van der Waals surface area contributed by atoms with Crippen molar-refractivity contribution in [3.8, 4) is 17.2 Å². The van der Waals surface area contributed by atoms with E-state index in [-0.39, 0.29) is 11.9 Å². The molecule has 0 saturated carbocycles. The number of fused-ring (bicyclic) bond motifs is 1. The molecule has 0 spiro atoms. The van der Waals surface area contributed by atoms with Crippen molar-refractivity contribution >= 4 is 5.91 Å². The van der Waals surface area contributed by atoms with E-state index in [2.05, 4.69) is 22.3 Å². The predicted molar refractivity (Wildman–Crippen MR) is 108 cm³/mol. The number of hydrogen-bond acceptors (Lipinski definition) is 6. The smallest absolute Gasteiger partial charge is 0.251 e. The number of benzene rings is 2. The molecule has 0 unspecified atom stereocenters. The fourth-order valence-corrected chi connectivity index (χ4v) is 3.65. The number of carbonyl (C=O) groups excluding carboxylic acids is 1. The van der Waals surface area contributed by atoms with Gasteiger partial charge in [0.1, 0.15) is 19.0 Å².